The van der Waals surface area contributed by atoms with Crippen LogP contribution in [0.2, 0.25) is 0 Å². The van der Waals surface area contributed by atoms with E-state index in [1.54, 1.807) is 46.2 Å². The van der Waals surface area contributed by atoms with Gasteiger partial charge in [-0.25, -0.2) is 17.7 Å². The van der Waals surface area contributed by atoms with E-state index in [0.717, 1.165) is 9.82 Å². The number of phenolic OH excluding ortho intramolecular Hbond substituents is 1. The number of fused-ring (bicyclic) bond motifs is 1. The van der Waals surface area contributed by atoms with Crippen LogP contribution in [0.15, 0.2) is 47.4 Å². The summed E-state index contributed by atoms with van der Waals surface area (Å²) in [6, 6.07) is 11.3. The Bertz CT molecular complexity index is 1370. The lowest BCUT2D eigenvalue weighted by molar-refractivity contribution is -0.132. The number of nitrogens with zero attached hydrogens (tertiary/aromatic N) is 5. The average molecular weight is 500 g/mol. The molecule has 186 valence electrons. The van der Waals surface area contributed by atoms with Crippen LogP contribution in [0.4, 0.5) is 0 Å². The number of hydrogen-bond donors (Lipinski definition) is 1. The van der Waals surface area contributed by atoms with Crippen molar-refractivity contribution in [3.05, 3.63) is 53.9 Å². The first-order chi connectivity index (χ1) is 16.6. The Morgan fingerprint density at radius 3 is 2.34 bits per heavy atom. The summed E-state index contributed by atoms with van der Waals surface area (Å²) in [5.74, 6) is 0.374. The van der Waals surface area contributed by atoms with E-state index in [9.17, 15) is 23.1 Å². The molecule has 3 aromatic rings. The van der Waals surface area contributed by atoms with Crippen LogP contribution in [0.1, 0.15) is 22.6 Å². The molecule has 0 atom stereocenters. The van der Waals surface area contributed by atoms with Gasteiger partial charge in [-0.05, 0) is 30.3 Å². The summed E-state index contributed by atoms with van der Waals surface area (Å²) >= 11 is 0. The van der Waals surface area contributed by atoms with Gasteiger partial charge in [0.2, 0.25) is 15.9 Å². The van der Waals surface area contributed by atoms with Gasteiger partial charge in [-0.2, -0.15) is 0 Å². The van der Waals surface area contributed by atoms with E-state index in [2.05, 4.69) is 4.98 Å². The van der Waals surface area contributed by atoms with E-state index in [4.69, 9.17) is 0 Å². The molecular formula is C24H29N5O5S. The van der Waals surface area contributed by atoms with Crippen molar-refractivity contribution in [2.45, 2.75) is 17.7 Å². The summed E-state index contributed by atoms with van der Waals surface area (Å²) in [5, 5.41) is 9.93. The molecule has 1 aromatic heterocycles. The molecule has 1 aliphatic rings. The van der Waals surface area contributed by atoms with Crippen LogP contribution in [-0.2, 0) is 28.3 Å². The second-order valence-corrected chi connectivity index (χ2v) is 10.9. The number of aromatic nitrogens is 2. The summed E-state index contributed by atoms with van der Waals surface area (Å²) in [7, 11) is 1.25. The Labute approximate surface area is 204 Å². The van der Waals surface area contributed by atoms with Crippen LogP contribution < -0.4 is 0 Å². The first kappa shape index (κ1) is 24.7. The highest BCUT2D eigenvalue weighted by atomic mass is 32.2. The van der Waals surface area contributed by atoms with Crippen molar-refractivity contribution in [2.24, 2.45) is 7.05 Å². The van der Waals surface area contributed by atoms with Gasteiger partial charge in [0, 0.05) is 60.2 Å². The molecule has 2 amide bonds. The minimum absolute atomic E-state index is 0.0254. The van der Waals surface area contributed by atoms with Gasteiger partial charge in [0.25, 0.3) is 5.91 Å². The highest BCUT2D eigenvalue weighted by Crippen LogP contribution is 2.22. The van der Waals surface area contributed by atoms with E-state index < -0.39 is 10.0 Å². The zero-order valence-corrected chi connectivity index (χ0v) is 20.8. The summed E-state index contributed by atoms with van der Waals surface area (Å²) in [5.41, 5.74) is 1.62. The third-order valence-electron chi connectivity index (χ3n) is 6.34. The number of piperazine rings is 1. The molecule has 0 saturated carbocycles. The lowest BCUT2D eigenvalue weighted by Crippen LogP contribution is -2.50. The van der Waals surface area contributed by atoms with Crippen LogP contribution in [0.5, 0.6) is 5.75 Å². The standard InChI is InChI=1S/C24H29N5O5S/c1-26(2)35(33,34)17-8-9-20-19(16-17)25-22(27(20)3)10-11-23(31)28-12-14-29(15-13-28)24(32)18-6-4-5-7-21(18)30/h4-9,16,30H,10-15H2,1-3H3. The zero-order chi connectivity index (χ0) is 25.3. The predicted octanol–water partition coefficient (Wildman–Crippen LogP) is 1.45. The van der Waals surface area contributed by atoms with Crippen LogP contribution >= 0.6 is 0 Å². The number of aromatic hydroxyl groups is 1. The van der Waals surface area contributed by atoms with Crippen molar-refractivity contribution in [3.63, 3.8) is 0 Å². The summed E-state index contributed by atoms with van der Waals surface area (Å²) in [6.45, 7) is 1.64. The Morgan fingerprint density at radius 1 is 1.03 bits per heavy atom. The second-order valence-electron chi connectivity index (χ2n) is 8.72. The van der Waals surface area contributed by atoms with Gasteiger partial charge < -0.3 is 19.5 Å². The highest BCUT2D eigenvalue weighted by molar-refractivity contribution is 7.89. The van der Waals surface area contributed by atoms with Crippen LogP contribution in [0.25, 0.3) is 11.0 Å². The minimum Gasteiger partial charge on any atom is -0.507 e. The fraction of sp³-hybridized carbons (Fsp3) is 0.375. The van der Waals surface area contributed by atoms with E-state index >= 15 is 0 Å². The number of imidazole rings is 1. The molecule has 2 aromatic carbocycles. The Morgan fingerprint density at radius 2 is 1.69 bits per heavy atom. The molecule has 1 aliphatic heterocycles. The number of phenols is 1. The first-order valence-electron chi connectivity index (χ1n) is 11.3. The van der Waals surface area contributed by atoms with Gasteiger partial charge >= 0.3 is 0 Å². The number of carbonyl (C=O) groups is 2. The maximum atomic E-state index is 12.8. The molecule has 0 bridgehead atoms. The second kappa shape index (κ2) is 9.67. The van der Waals surface area contributed by atoms with Crippen molar-refractivity contribution < 1.29 is 23.1 Å². The number of sulfonamides is 1. The molecule has 1 saturated heterocycles. The van der Waals surface area contributed by atoms with E-state index in [1.807, 2.05) is 11.6 Å². The van der Waals surface area contributed by atoms with Gasteiger partial charge in [0.1, 0.15) is 11.6 Å². The molecule has 0 aliphatic carbocycles. The smallest absolute Gasteiger partial charge is 0.257 e. The van der Waals surface area contributed by atoms with Gasteiger partial charge in [0.15, 0.2) is 0 Å². The first-order valence-corrected chi connectivity index (χ1v) is 12.8. The van der Waals surface area contributed by atoms with Crippen molar-refractivity contribution in [1.82, 2.24) is 23.7 Å². The summed E-state index contributed by atoms with van der Waals surface area (Å²) in [6.07, 6.45) is 0.671. The molecular weight excluding hydrogens is 470 g/mol. The molecule has 1 N–H and O–H groups in total. The maximum absolute atomic E-state index is 12.8. The molecule has 10 nitrogen and oxygen atoms in total. The molecule has 1 fully saturated rings. The van der Waals surface area contributed by atoms with Gasteiger partial charge in [0.05, 0.1) is 21.5 Å². The number of hydrogen-bond acceptors (Lipinski definition) is 6. The maximum Gasteiger partial charge on any atom is 0.257 e. The predicted molar refractivity (Wildman–Crippen MR) is 130 cm³/mol. The quantitative estimate of drug-likeness (QED) is 0.549. The lowest BCUT2D eigenvalue weighted by atomic mass is 10.1. The SMILES string of the molecule is CN(C)S(=O)(=O)c1ccc2c(c1)nc(CCC(=O)N1CCN(C(=O)c3ccccc3O)CC1)n2C. The normalized spacial score (nSPS) is 14.6. The molecule has 35 heavy (non-hydrogen) atoms. The van der Waals surface area contributed by atoms with Crippen LogP contribution in [0, 0.1) is 0 Å². The van der Waals surface area contributed by atoms with E-state index in [0.29, 0.717) is 43.9 Å². The number of benzene rings is 2. The van der Waals surface area contributed by atoms with E-state index in [1.165, 1.54) is 20.2 Å². The number of aryl methyl sites for hydroxylation is 2. The van der Waals surface area contributed by atoms with Gasteiger partial charge in [-0.15, -0.1) is 0 Å². The van der Waals surface area contributed by atoms with Crippen molar-refractivity contribution in [2.75, 3.05) is 40.3 Å². The molecule has 0 spiro atoms. The molecule has 11 heteroatoms. The van der Waals surface area contributed by atoms with Crippen molar-refractivity contribution >= 4 is 32.9 Å². The topological polar surface area (TPSA) is 116 Å². The third-order valence-corrected chi connectivity index (χ3v) is 8.15. The summed E-state index contributed by atoms with van der Waals surface area (Å²) in [4.78, 5) is 33.6. The number of carbonyl (C=O) groups excluding carboxylic acids is 2. The Kier molecular flexibility index (Phi) is 6.82. The Hall–Kier alpha value is -3.44. The number of rotatable bonds is 6. The molecule has 0 radical (unpaired) electrons. The monoisotopic (exact) mass is 499 g/mol. The van der Waals surface area contributed by atoms with Crippen LogP contribution in [0.3, 0.4) is 0 Å². The van der Waals surface area contributed by atoms with E-state index in [-0.39, 0.29) is 34.4 Å². The van der Waals surface area contributed by atoms with Crippen LogP contribution in [-0.4, -0.2) is 89.3 Å². The highest BCUT2D eigenvalue weighted by Gasteiger charge is 2.26. The van der Waals surface area contributed by atoms with Crippen molar-refractivity contribution in [3.8, 4) is 5.75 Å². The largest absolute Gasteiger partial charge is 0.507 e. The molecule has 0 unspecified atom stereocenters. The van der Waals surface area contributed by atoms with Gasteiger partial charge in [-0.1, -0.05) is 12.1 Å². The fourth-order valence-corrected chi connectivity index (χ4v) is 5.11. The molecule has 4 rings (SSSR count). The minimum atomic E-state index is -3.56. The summed E-state index contributed by atoms with van der Waals surface area (Å²) < 4.78 is 27.9. The number of para-hydroxylation sites is 1. The fourth-order valence-electron chi connectivity index (χ4n) is 4.19. The average Bonchev–Trinajstić information content (AvgIpc) is 3.17. The molecule has 2 heterocycles. The zero-order valence-electron chi connectivity index (χ0n) is 20.0. The lowest BCUT2D eigenvalue weighted by Gasteiger charge is -2.35. The number of amides is 2. The van der Waals surface area contributed by atoms with Gasteiger partial charge in [-0.3, -0.25) is 9.59 Å². The third kappa shape index (κ3) is 4.87. The van der Waals surface area contributed by atoms with Crippen molar-refractivity contribution in [1.29, 1.82) is 0 Å². The Balaban J connectivity index is 1.37.